The fourth-order valence-electron chi connectivity index (χ4n) is 3.28. The van der Waals surface area contributed by atoms with Crippen molar-refractivity contribution < 1.29 is 9.32 Å². The Labute approximate surface area is 189 Å². The summed E-state index contributed by atoms with van der Waals surface area (Å²) in [5.41, 5.74) is 1.92. The molecular formula is C22H19Cl2N5O2. The number of nitrogens with zero attached hydrogens (tertiary/aromatic N) is 4. The largest absolute Gasteiger partial charge is 0.355 e. The number of halogens is 2. The summed E-state index contributed by atoms with van der Waals surface area (Å²) in [5, 5.41) is 12.0. The number of nitrogens with one attached hydrogen (secondary N) is 1. The standard InChI is InChI=1S/C22H19Cl2N5O2/c1-22(14-11-27-29(2)12-14,20-5-3-4-8-25-20)13-26-21(30)18-10-19(31-28-18)16-7-6-15(23)9-17(16)24/h3-12H,13H2,1-2H3,(H,26,30). The normalized spacial score (nSPS) is 13.0. The predicted molar refractivity (Wildman–Crippen MR) is 118 cm³/mol. The molecule has 31 heavy (non-hydrogen) atoms. The highest BCUT2D eigenvalue weighted by molar-refractivity contribution is 6.36. The molecule has 1 amide bonds. The van der Waals surface area contributed by atoms with Crippen LogP contribution in [0.25, 0.3) is 11.3 Å². The second-order valence-electron chi connectivity index (χ2n) is 7.33. The van der Waals surface area contributed by atoms with E-state index in [2.05, 4.69) is 20.6 Å². The van der Waals surface area contributed by atoms with Crippen LogP contribution >= 0.6 is 23.2 Å². The van der Waals surface area contributed by atoms with Crippen molar-refractivity contribution in [2.24, 2.45) is 7.05 Å². The Morgan fingerprint density at radius 1 is 1.23 bits per heavy atom. The number of carbonyl (C=O) groups is 1. The van der Waals surface area contributed by atoms with Crippen LogP contribution in [0.1, 0.15) is 28.7 Å². The van der Waals surface area contributed by atoms with Crippen molar-refractivity contribution in [1.82, 2.24) is 25.2 Å². The van der Waals surface area contributed by atoms with Crippen molar-refractivity contribution >= 4 is 29.1 Å². The molecule has 0 fully saturated rings. The minimum Gasteiger partial charge on any atom is -0.355 e. The molecule has 1 atom stereocenters. The molecule has 3 heterocycles. The van der Waals surface area contributed by atoms with Crippen molar-refractivity contribution in [2.45, 2.75) is 12.3 Å². The number of aromatic nitrogens is 4. The van der Waals surface area contributed by atoms with Crippen LogP contribution in [-0.2, 0) is 12.5 Å². The first kappa shape index (κ1) is 21.1. The molecule has 7 nitrogen and oxygen atoms in total. The number of aryl methyl sites for hydroxylation is 1. The summed E-state index contributed by atoms with van der Waals surface area (Å²) >= 11 is 12.2. The van der Waals surface area contributed by atoms with E-state index in [1.54, 1.807) is 41.3 Å². The maximum Gasteiger partial charge on any atom is 0.273 e. The van der Waals surface area contributed by atoms with Gasteiger partial charge in [0, 0.05) is 48.2 Å². The quantitative estimate of drug-likeness (QED) is 0.461. The summed E-state index contributed by atoms with van der Waals surface area (Å²) in [7, 11) is 1.85. The first-order valence-corrected chi connectivity index (χ1v) is 10.2. The third kappa shape index (κ3) is 4.33. The molecule has 0 radical (unpaired) electrons. The second-order valence-corrected chi connectivity index (χ2v) is 8.18. The third-order valence-electron chi connectivity index (χ3n) is 5.11. The zero-order valence-electron chi connectivity index (χ0n) is 16.8. The molecule has 4 rings (SSSR count). The SMILES string of the molecule is Cn1cc(C(C)(CNC(=O)c2cc(-c3ccc(Cl)cc3Cl)on2)c2ccccn2)cn1. The van der Waals surface area contributed by atoms with E-state index in [-0.39, 0.29) is 11.6 Å². The van der Waals surface area contributed by atoms with Gasteiger partial charge in [-0.3, -0.25) is 14.5 Å². The minimum atomic E-state index is -0.586. The van der Waals surface area contributed by atoms with Crippen molar-refractivity contribution in [3.05, 3.63) is 88.1 Å². The summed E-state index contributed by atoms with van der Waals surface area (Å²) in [4.78, 5) is 17.3. The summed E-state index contributed by atoms with van der Waals surface area (Å²) in [6.45, 7) is 2.30. The second kappa shape index (κ2) is 8.53. The molecule has 1 unspecified atom stereocenters. The van der Waals surface area contributed by atoms with Gasteiger partial charge in [-0.05, 0) is 37.3 Å². The van der Waals surface area contributed by atoms with Gasteiger partial charge in [0.15, 0.2) is 11.5 Å². The van der Waals surface area contributed by atoms with Gasteiger partial charge in [0.1, 0.15) is 0 Å². The lowest BCUT2D eigenvalue weighted by Crippen LogP contribution is -2.40. The van der Waals surface area contributed by atoms with E-state index in [0.717, 1.165) is 11.3 Å². The highest BCUT2D eigenvalue weighted by Crippen LogP contribution is 2.32. The highest BCUT2D eigenvalue weighted by Gasteiger charge is 2.32. The first-order chi connectivity index (χ1) is 14.9. The molecule has 0 aliphatic carbocycles. The topological polar surface area (TPSA) is 85.8 Å². The van der Waals surface area contributed by atoms with Gasteiger partial charge in [-0.1, -0.05) is 34.4 Å². The van der Waals surface area contributed by atoms with Gasteiger partial charge in [0.25, 0.3) is 5.91 Å². The van der Waals surface area contributed by atoms with Crippen molar-refractivity contribution in [3.63, 3.8) is 0 Å². The minimum absolute atomic E-state index is 0.149. The summed E-state index contributed by atoms with van der Waals surface area (Å²) in [5.74, 6) is 0.0118. The number of amides is 1. The fourth-order valence-corrected chi connectivity index (χ4v) is 3.78. The van der Waals surface area contributed by atoms with Crippen LogP contribution in [0.4, 0.5) is 0 Å². The van der Waals surface area contributed by atoms with Crippen molar-refractivity contribution in [3.8, 4) is 11.3 Å². The van der Waals surface area contributed by atoms with Crippen LogP contribution in [0.15, 0.2) is 65.6 Å². The van der Waals surface area contributed by atoms with Crippen LogP contribution in [-0.4, -0.2) is 32.4 Å². The van der Waals surface area contributed by atoms with Gasteiger partial charge in [-0.15, -0.1) is 0 Å². The molecule has 3 aromatic heterocycles. The molecule has 0 saturated carbocycles. The number of benzene rings is 1. The van der Waals surface area contributed by atoms with Crippen molar-refractivity contribution in [1.29, 1.82) is 0 Å². The highest BCUT2D eigenvalue weighted by atomic mass is 35.5. The lowest BCUT2D eigenvalue weighted by Gasteiger charge is -2.28. The number of rotatable bonds is 6. The Bertz CT molecular complexity index is 1220. The maximum atomic E-state index is 12.8. The van der Waals surface area contributed by atoms with Gasteiger partial charge >= 0.3 is 0 Å². The number of hydrogen-bond donors (Lipinski definition) is 1. The molecule has 1 aromatic carbocycles. The van der Waals surface area contributed by atoms with Crippen LogP contribution < -0.4 is 5.32 Å². The van der Waals surface area contributed by atoms with Gasteiger partial charge in [0.05, 0.1) is 22.3 Å². The van der Waals surface area contributed by atoms with Crippen LogP contribution in [0.5, 0.6) is 0 Å². The van der Waals surface area contributed by atoms with Crippen LogP contribution in [0.2, 0.25) is 10.0 Å². The van der Waals surface area contributed by atoms with Gasteiger partial charge < -0.3 is 9.84 Å². The van der Waals surface area contributed by atoms with E-state index in [4.69, 9.17) is 27.7 Å². The maximum absolute atomic E-state index is 12.8. The lowest BCUT2D eigenvalue weighted by molar-refractivity contribution is 0.0938. The summed E-state index contributed by atoms with van der Waals surface area (Å²) < 4.78 is 7.05. The fraction of sp³-hybridized carbons (Fsp3) is 0.182. The van der Waals surface area contributed by atoms with Gasteiger partial charge in [-0.25, -0.2) is 0 Å². The van der Waals surface area contributed by atoms with Crippen LogP contribution in [0, 0.1) is 0 Å². The Morgan fingerprint density at radius 3 is 2.74 bits per heavy atom. The molecule has 0 spiro atoms. The van der Waals surface area contributed by atoms with E-state index < -0.39 is 5.41 Å². The molecule has 1 N–H and O–H groups in total. The lowest BCUT2D eigenvalue weighted by atomic mass is 9.80. The van der Waals surface area contributed by atoms with E-state index in [9.17, 15) is 4.79 Å². The predicted octanol–water partition coefficient (Wildman–Crippen LogP) is 4.51. The number of pyridine rings is 1. The van der Waals surface area contributed by atoms with E-state index >= 15 is 0 Å². The zero-order valence-corrected chi connectivity index (χ0v) is 18.4. The Morgan fingerprint density at radius 2 is 2.06 bits per heavy atom. The smallest absolute Gasteiger partial charge is 0.273 e. The molecule has 0 aliphatic heterocycles. The summed E-state index contributed by atoms with van der Waals surface area (Å²) in [6.07, 6.45) is 5.42. The Kier molecular flexibility index (Phi) is 5.80. The van der Waals surface area contributed by atoms with E-state index in [1.165, 1.54) is 0 Å². The molecule has 9 heteroatoms. The summed E-state index contributed by atoms with van der Waals surface area (Å²) in [6, 6.07) is 12.3. The van der Waals surface area contributed by atoms with Crippen molar-refractivity contribution in [2.75, 3.05) is 6.54 Å². The Hall–Kier alpha value is -3.16. The van der Waals surface area contributed by atoms with E-state index in [1.807, 2.05) is 38.4 Å². The average molecular weight is 456 g/mol. The van der Waals surface area contributed by atoms with Crippen LogP contribution in [0.3, 0.4) is 0 Å². The average Bonchev–Trinajstić information content (AvgIpc) is 3.42. The van der Waals surface area contributed by atoms with Gasteiger partial charge in [-0.2, -0.15) is 5.10 Å². The third-order valence-corrected chi connectivity index (χ3v) is 5.66. The molecule has 0 bridgehead atoms. The number of hydrogen-bond acceptors (Lipinski definition) is 5. The molecule has 0 aliphatic rings. The van der Waals surface area contributed by atoms with E-state index in [0.29, 0.717) is 27.9 Å². The molecule has 0 saturated heterocycles. The molecular weight excluding hydrogens is 437 g/mol. The molecule has 158 valence electrons. The number of carbonyl (C=O) groups excluding carboxylic acids is 1. The first-order valence-electron chi connectivity index (χ1n) is 9.48. The van der Waals surface area contributed by atoms with Gasteiger partial charge in [0.2, 0.25) is 0 Å². The monoisotopic (exact) mass is 455 g/mol. The zero-order chi connectivity index (χ0) is 22.0. The Balaban J connectivity index is 1.56. The molecule has 4 aromatic rings.